The van der Waals surface area contributed by atoms with Crippen LogP contribution in [0.3, 0.4) is 0 Å². The van der Waals surface area contributed by atoms with Gasteiger partial charge in [0.05, 0.1) is 6.61 Å². The topological polar surface area (TPSA) is 20.2 Å². The van der Waals surface area contributed by atoms with Crippen LogP contribution >= 0.6 is 15.9 Å². The summed E-state index contributed by atoms with van der Waals surface area (Å²) < 4.78 is 1.11. The molecule has 0 radical (unpaired) electrons. The number of allylic oxidation sites excluding steroid dienone is 3. The van der Waals surface area contributed by atoms with Gasteiger partial charge in [-0.3, -0.25) is 0 Å². The summed E-state index contributed by atoms with van der Waals surface area (Å²) in [6.07, 6.45) is 1.96. The van der Waals surface area contributed by atoms with Crippen molar-refractivity contribution in [3.05, 3.63) is 21.7 Å². The van der Waals surface area contributed by atoms with Crippen LogP contribution in [0.1, 0.15) is 20.8 Å². The highest BCUT2D eigenvalue weighted by atomic mass is 79.9. The Hall–Kier alpha value is -0.0800. The summed E-state index contributed by atoms with van der Waals surface area (Å²) in [5, 5.41) is 8.66. The molecule has 0 unspecified atom stereocenters. The van der Waals surface area contributed by atoms with E-state index in [1.165, 1.54) is 0 Å². The number of hydrogen-bond acceptors (Lipinski definition) is 1. The molecule has 10 heavy (non-hydrogen) atoms. The Morgan fingerprint density at radius 3 is 2.20 bits per heavy atom. The van der Waals surface area contributed by atoms with Gasteiger partial charge in [-0.1, -0.05) is 22.0 Å². The summed E-state index contributed by atoms with van der Waals surface area (Å²) in [5.41, 5.74) is 2.14. The van der Waals surface area contributed by atoms with Crippen molar-refractivity contribution in [1.29, 1.82) is 0 Å². The van der Waals surface area contributed by atoms with Crippen molar-refractivity contribution < 1.29 is 5.11 Å². The summed E-state index contributed by atoms with van der Waals surface area (Å²) in [7, 11) is 0. The molecule has 1 nitrogen and oxygen atoms in total. The van der Waals surface area contributed by atoms with Gasteiger partial charge in [0.2, 0.25) is 0 Å². The van der Waals surface area contributed by atoms with Crippen LogP contribution in [0.5, 0.6) is 0 Å². The maximum absolute atomic E-state index is 8.66. The zero-order valence-electron chi connectivity index (χ0n) is 6.61. The van der Waals surface area contributed by atoms with Crippen LogP contribution in [0.25, 0.3) is 0 Å². The molecule has 0 bridgehead atoms. The van der Waals surface area contributed by atoms with Crippen LogP contribution in [0, 0.1) is 0 Å². The highest BCUT2D eigenvalue weighted by molar-refractivity contribution is 9.11. The average molecular weight is 205 g/mol. The highest BCUT2D eigenvalue weighted by Gasteiger charge is 1.89. The monoisotopic (exact) mass is 204 g/mol. The Morgan fingerprint density at radius 1 is 1.40 bits per heavy atom. The first-order chi connectivity index (χ1) is 4.57. The minimum Gasteiger partial charge on any atom is -0.392 e. The van der Waals surface area contributed by atoms with Gasteiger partial charge in [-0.15, -0.1) is 0 Å². The molecule has 0 spiro atoms. The van der Waals surface area contributed by atoms with E-state index >= 15 is 0 Å². The number of rotatable bonds is 2. The standard InChI is InChI=1S/C8H13BrO/c1-6(5-10)4-7(2)8(3)9/h4,10H,5H2,1-3H3/b6-4+,8-7+. The van der Waals surface area contributed by atoms with Gasteiger partial charge in [0, 0.05) is 0 Å². The molecule has 0 rings (SSSR count). The molecule has 0 aliphatic heterocycles. The van der Waals surface area contributed by atoms with E-state index in [-0.39, 0.29) is 6.61 Å². The molecule has 0 saturated carbocycles. The van der Waals surface area contributed by atoms with Crippen LogP contribution in [-0.2, 0) is 0 Å². The third-order valence-electron chi connectivity index (χ3n) is 1.26. The van der Waals surface area contributed by atoms with E-state index in [2.05, 4.69) is 15.9 Å². The molecule has 0 heterocycles. The molecule has 0 atom stereocenters. The van der Waals surface area contributed by atoms with Crippen LogP contribution in [0.15, 0.2) is 21.7 Å². The SMILES string of the molecule is C/C(=C\C(C)=C(/C)Br)CO. The van der Waals surface area contributed by atoms with Crippen LogP contribution in [-0.4, -0.2) is 11.7 Å². The maximum atomic E-state index is 8.66. The fourth-order valence-electron chi connectivity index (χ4n) is 0.515. The Morgan fingerprint density at radius 2 is 1.90 bits per heavy atom. The van der Waals surface area contributed by atoms with Gasteiger partial charge in [0.25, 0.3) is 0 Å². The largest absolute Gasteiger partial charge is 0.392 e. The van der Waals surface area contributed by atoms with Gasteiger partial charge in [-0.2, -0.15) is 0 Å². The molecule has 0 amide bonds. The predicted molar refractivity (Wildman–Crippen MR) is 48.1 cm³/mol. The number of aliphatic hydroxyl groups excluding tert-OH is 1. The molecule has 0 aromatic rings. The zero-order chi connectivity index (χ0) is 8.15. The minimum atomic E-state index is 0.137. The summed E-state index contributed by atoms with van der Waals surface area (Å²) >= 11 is 3.35. The quantitative estimate of drug-likeness (QED) is 0.687. The van der Waals surface area contributed by atoms with E-state index in [9.17, 15) is 0 Å². The Balaban J connectivity index is 4.27. The lowest BCUT2D eigenvalue weighted by molar-refractivity contribution is 0.331. The molecule has 0 aliphatic rings. The summed E-state index contributed by atoms with van der Waals surface area (Å²) in [6.45, 7) is 6.02. The molecule has 0 saturated heterocycles. The van der Waals surface area contributed by atoms with E-state index in [0.717, 1.165) is 15.6 Å². The second-order valence-corrected chi connectivity index (χ2v) is 3.55. The number of aliphatic hydroxyl groups is 1. The Bertz CT molecular complexity index is 164. The molecule has 1 N–H and O–H groups in total. The maximum Gasteiger partial charge on any atom is 0.0642 e. The molecule has 58 valence electrons. The third-order valence-corrected chi connectivity index (χ3v) is 1.88. The molecule has 0 aromatic heterocycles. The van der Waals surface area contributed by atoms with Gasteiger partial charge in [-0.25, -0.2) is 0 Å². The van der Waals surface area contributed by atoms with Crippen molar-refractivity contribution in [1.82, 2.24) is 0 Å². The van der Waals surface area contributed by atoms with Gasteiger partial charge >= 0.3 is 0 Å². The summed E-state index contributed by atoms with van der Waals surface area (Å²) in [4.78, 5) is 0. The van der Waals surface area contributed by atoms with Gasteiger partial charge in [0.15, 0.2) is 0 Å². The first-order valence-electron chi connectivity index (χ1n) is 3.19. The van der Waals surface area contributed by atoms with Gasteiger partial charge < -0.3 is 5.11 Å². The zero-order valence-corrected chi connectivity index (χ0v) is 8.20. The molecule has 0 aliphatic carbocycles. The minimum absolute atomic E-state index is 0.137. The average Bonchev–Trinajstić information content (AvgIpc) is 1.87. The molecule has 2 heteroatoms. The summed E-state index contributed by atoms with van der Waals surface area (Å²) in [6, 6.07) is 0. The van der Waals surface area contributed by atoms with E-state index in [1.807, 2.05) is 26.8 Å². The van der Waals surface area contributed by atoms with E-state index in [1.54, 1.807) is 0 Å². The fraction of sp³-hybridized carbons (Fsp3) is 0.500. The van der Waals surface area contributed by atoms with Gasteiger partial charge in [-0.05, 0) is 36.4 Å². The second kappa shape index (κ2) is 4.69. The molecular weight excluding hydrogens is 192 g/mol. The lowest BCUT2D eigenvalue weighted by atomic mass is 10.2. The fourth-order valence-corrected chi connectivity index (χ4v) is 0.629. The lowest BCUT2D eigenvalue weighted by Gasteiger charge is -1.96. The molecule has 0 aromatic carbocycles. The van der Waals surface area contributed by atoms with Crippen molar-refractivity contribution in [2.45, 2.75) is 20.8 Å². The predicted octanol–water partition coefficient (Wildman–Crippen LogP) is 2.61. The summed E-state index contributed by atoms with van der Waals surface area (Å²) in [5.74, 6) is 0. The molecule has 0 fully saturated rings. The van der Waals surface area contributed by atoms with Crippen molar-refractivity contribution in [3.63, 3.8) is 0 Å². The van der Waals surface area contributed by atoms with Crippen molar-refractivity contribution in [3.8, 4) is 0 Å². The van der Waals surface area contributed by atoms with E-state index < -0.39 is 0 Å². The first-order valence-corrected chi connectivity index (χ1v) is 3.98. The van der Waals surface area contributed by atoms with E-state index in [0.29, 0.717) is 0 Å². The smallest absolute Gasteiger partial charge is 0.0642 e. The molecular formula is C8H13BrO. The first kappa shape index (κ1) is 9.92. The Labute approximate surface area is 70.6 Å². The second-order valence-electron chi connectivity index (χ2n) is 2.37. The van der Waals surface area contributed by atoms with Crippen LogP contribution in [0.4, 0.5) is 0 Å². The number of hydrogen-bond donors (Lipinski definition) is 1. The van der Waals surface area contributed by atoms with Crippen molar-refractivity contribution in [2.24, 2.45) is 0 Å². The van der Waals surface area contributed by atoms with Crippen LogP contribution in [0.2, 0.25) is 0 Å². The lowest BCUT2D eigenvalue weighted by Crippen LogP contribution is -1.84. The third kappa shape index (κ3) is 3.85. The van der Waals surface area contributed by atoms with Gasteiger partial charge in [0.1, 0.15) is 0 Å². The van der Waals surface area contributed by atoms with Crippen molar-refractivity contribution >= 4 is 15.9 Å². The Kier molecular flexibility index (Phi) is 4.65. The van der Waals surface area contributed by atoms with Crippen molar-refractivity contribution in [2.75, 3.05) is 6.61 Å². The highest BCUT2D eigenvalue weighted by Crippen LogP contribution is 2.12. The number of halogens is 1. The normalized spacial score (nSPS) is 15.1. The van der Waals surface area contributed by atoms with E-state index in [4.69, 9.17) is 5.11 Å². The van der Waals surface area contributed by atoms with Crippen LogP contribution < -0.4 is 0 Å².